The predicted octanol–water partition coefficient (Wildman–Crippen LogP) is 5.26. The van der Waals surface area contributed by atoms with Crippen LogP contribution < -0.4 is 0 Å². The predicted molar refractivity (Wildman–Crippen MR) is 86.8 cm³/mol. The van der Waals surface area contributed by atoms with Gasteiger partial charge in [0.25, 0.3) is 0 Å². The summed E-state index contributed by atoms with van der Waals surface area (Å²) in [4.78, 5) is 8.70. The van der Waals surface area contributed by atoms with Crippen LogP contribution in [0.1, 0.15) is 19.0 Å². The molecule has 2 nitrogen and oxygen atoms in total. The van der Waals surface area contributed by atoms with Crippen molar-refractivity contribution in [2.75, 3.05) is 0 Å². The second-order valence-corrected chi connectivity index (χ2v) is 6.27. The minimum absolute atomic E-state index is 0.340. The van der Waals surface area contributed by atoms with E-state index in [0.717, 1.165) is 22.1 Å². The molecule has 0 unspecified atom stereocenters. The first-order valence-corrected chi connectivity index (χ1v) is 7.95. The van der Waals surface area contributed by atoms with Gasteiger partial charge in [-0.15, -0.1) is 0 Å². The fraction of sp³-hybridized carbons (Fsp3) is 0.231. The molecule has 0 atom stereocenters. The summed E-state index contributed by atoms with van der Waals surface area (Å²) in [5.41, 5.74) is 1.53. The zero-order chi connectivity index (χ0) is 14.0. The Morgan fingerprint density at radius 2 is 2.11 bits per heavy atom. The van der Waals surface area contributed by atoms with Gasteiger partial charge < -0.3 is 0 Å². The van der Waals surface area contributed by atoms with E-state index in [4.69, 9.17) is 11.6 Å². The van der Waals surface area contributed by atoms with Gasteiger partial charge in [-0.05, 0) is 63.1 Å². The van der Waals surface area contributed by atoms with E-state index in [1.165, 1.54) is 6.07 Å². The standard InChI is InChI=1S/C13H10BrClFIN2/c1-2-3-10-11(17)12(15)19-13(18-10)7-4-5-8(14)9(16)6-7/h4-6H,2-3H2,1H3. The van der Waals surface area contributed by atoms with Crippen LogP contribution in [0.4, 0.5) is 4.39 Å². The molecule has 0 spiro atoms. The van der Waals surface area contributed by atoms with Crippen molar-refractivity contribution in [3.05, 3.63) is 42.9 Å². The van der Waals surface area contributed by atoms with Crippen LogP contribution in [0.25, 0.3) is 11.4 Å². The molecule has 1 aromatic heterocycles. The average molecular weight is 455 g/mol. The van der Waals surface area contributed by atoms with Gasteiger partial charge in [-0.3, -0.25) is 0 Å². The third kappa shape index (κ3) is 3.44. The van der Waals surface area contributed by atoms with Crippen LogP contribution in [0.2, 0.25) is 5.15 Å². The molecule has 6 heteroatoms. The number of nitrogens with zero attached hydrogens (tertiary/aromatic N) is 2. The summed E-state index contributed by atoms with van der Waals surface area (Å²) in [7, 11) is 0. The van der Waals surface area contributed by atoms with Crippen molar-refractivity contribution in [1.82, 2.24) is 9.97 Å². The molecule has 0 amide bonds. The van der Waals surface area contributed by atoms with Gasteiger partial charge in [0.15, 0.2) is 5.82 Å². The maximum absolute atomic E-state index is 13.6. The van der Waals surface area contributed by atoms with E-state index >= 15 is 0 Å². The van der Waals surface area contributed by atoms with Crippen molar-refractivity contribution in [3.63, 3.8) is 0 Å². The molecule has 0 saturated carbocycles. The van der Waals surface area contributed by atoms with E-state index in [1.54, 1.807) is 12.1 Å². The van der Waals surface area contributed by atoms with Crippen LogP contribution >= 0.6 is 50.1 Å². The molecule has 2 rings (SSSR count). The molecule has 0 bridgehead atoms. The number of rotatable bonds is 3. The number of hydrogen-bond donors (Lipinski definition) is 0. The summed E-state index contributed by atoms with van der Waals surface area (Å²) >= 11 is 11.4. The first-order valence-electron chi connectivity index (χ1n) is 5.70. The Morgan fingerprint density at radius 1 is 1.37 bits per heavy atom. The molecular formula is C13H10BrClFIN2. The highest BCUT2D eigenvalue weighted by Crippen LogP contribution is 2.26. The maximum atomic E-state index is 13.6. The van der Waals surface area contributed by atoms with Crippen molar-refractivity contribution in [3.8, 4) is 11.4 Å². The highest BCUT2D eigenvalue weighted by molar-refractivity contribution is 14.1. The lowest BCUT2D eigenvalue weighted by atomic mass is 10.2. The van der Waals surface area contributed by atoms with Gasteiger partial charge in [-0.25, -0.2) is 14.4 Å². The van der Waals surface area contributed by atoms with Crippen LogP contribution in [0, 0.1) is 9.39 Å². The van der Waals surface area contributed by atoms with Crippen LogP contribution in [0.3, 0.4) is 0 Å². The Labute approximate surface area is 138 Å². The molecule has 0 radical (unpaired) electrons. The van der Waals surface area contributed by atoms with Gasteiger partial charge in [0.05, 0.1) is 13.7 Å². The molecule has 0 aliphatic rings. The van der Waals surface area contributed by atoms with E-state index in [1.807, 2.05) is 0 Å². The molecule has 1 aromatic carbocycles. The van der Waals surface area contributed by atoms with E-state index < -0.39 is 0 Å². The summed E-state index contributed by atoms with van der Waals surface area (Å²) in [5, 5.41) is 0.414. The third-order valence-corrected chi connectivity index (χ3v) is 4.91. The Morgan fingerprint density at radius 3 is 2.74 bits per heavy atom. The average Bonchev–Trinajstić information content (AvgIpc) is 2.38. The highest BCUT2D eigenvalue weighted by atomic mass is 127. The van der Waals surface area contributed by atoms with E-state index in [9.17, 15) is 4.39 Å². The fourth-order valence-corrected chi connectivity index (χ4v) is 2.58. The van der Waals surface area contributed by atoms with Crippen LogP contribution in [0.15, 0.2) is 22.7 Å². The second-order valence-electron chi connectivity index (χ2n) is 3.98. The van der Waals surface area contributed by atoms with Crippen LogP contribution in [0.5, 0.6) is 0 Å². The molecule has 0 aliphatic carbocycles. The van der Waals surface area contributed by atoms with Gasteiger partial charge in [0.1, 0.15) is 11.0 Å². The summed E-state index contributed by atoms with van der Waals surface area (Å²) in [6, 6.07) is 4.80. The van der Waals surface area contributed by atoms with E-state index in [0.29, 0.717) is 21.0 Å². The van der Waals surface area contributed by atoms with Crippen molar-refractivity contribution in [2.45, 2.75) is 19.8 Å². The topological polar surface area (TPSA) is 25.8 Å². The molecular weight excluding hydrogens is 445 g/mol. The monoisotopic (exact) mass is 454 g/mol. The Balaban J connectivity index is 2.52. The van der Waals surface area contributed by atoms with Crippen molar-refractivity contribution in [2.24, 2.45) is 0 Å². The Hall–Kier alpha value is -0.270. The zero-order valence-electron chi connectivity index (χ0n) is 10.1. The molecule has 2 aromatic rings. The van der Waals surface area contributed by atoms with E-state index in [2.05, 4.69) is 55.4 Å². The fourth-order valence-electron chi connectivity index (χ4n) is 1.63. The van der Waals surface area contributed by atoms with Gasteiger partial charge in [-0.2, -0.15) is 0 Å². The first kappa shape index (κ1) is 15.1. The summed E-state index contributed by atoms with van der Waals surface area (Å²) < 4.78 is 14.8. The number of halogens is 4. The smallest absolute Gasteiger partial charge is 0.161 e. The van der Waals surface area contributed by atoms with Gasteiger partial charge >= 0.3 is 0 Å². The van der Waals surface area contributed by atoms with Gasteiger partial charge in [0.2, 0.25) is 0 Å². The highest BCUT2D eigenvalue weighted by Gasteiger charge is 2.12. The lowest BCUT2D eigenvalue weighted by molar-refractivity contribution is 0.621. The molecule has 1 heterocycles. The normalized spacial score (nSPS) is 10.8. The summed E-state index contributed by atoms with van der Waals surface area (Å²) in [6.07, 6.45) is 1.80. The van der Waals surface area contributed by atoms with Gasteiger partial charge in [-0.1, -0.05) is 24.9 Å². The second kappa shape index (κ2) is 6.45. The van der Waals surface area contributed by atoms with Crippen molar-refractivity contribution in [1.29, 1.82) is 0 Å². The van der Waals surface area contributed by atoms with Crippen molar-refractivity contribution < 1.29 is 4.39 Å². The van der Waals surface area contributed by atoms with E-state index in [-0.39, 0.29) is 5.82 Å². The zero-order valence-corrected chi connectivity index (χ0v) is 14.6. The molecule has 19 heavy (non-hydrogen) atoms. The summed E-state index contributed by atoms with van der Waals surface area (Å²) in [6.45, 7) is 2.07. The Kier molecular flexibility index (Phi) is 5.14. The molecule has 0 aliphatic heterocycles. The maximum Gasteiger partial charge on any atom is 0.161 e. The quantitative estimate of drug-likeness (QED) is 0.466. The van der Waals surface area contributed by atoms with Crippen molar-refractivity contribution >= 4 is 50.1 Å². The minimum Gasteiger partial charge on any atom is -0.232 e. The molecule has 100 valence electrons. The largest absolute Gasteiger partial charge is 0.232 e. The molecule has 0 N–H and O–H groups in total. The van der Waals surface area contributed by atoms with Crippen LogP contribution in [-0.4, -0.2) is 9.97 Å². The number of aryl methyl sites for hydroxylation is 1. The summed E-state index contributed by atoms with van der Waals surface area (Å²) in [5.74, 6) is 0.119. The van der Waals surface area contributed by atoms with Gasteiger partial charge in [0, 0.05) is 5.56 Å². The van der Waals surface area contributed by atoms with Crippen LogP contribution in [-0.2, 0) is 6.42 Å². The lowest BCUT2D eigenvalue weighted by Crippen LogP contribution is -2.01. The first-order chi connectivity index (χ1) is 9.02. The third-order valence-electron chi connectivity index (χ3n) is 2.54. The number of benzene rings is 1. The molecule has 0 saturated heterocycles. The minimum atomic E-state index is -0.340. The lowest BCUT2D eigenvalue weighted by Gasteiger charge is -2.08. The number of hydrogen-bond acceptors (Lipinski definition) is 2. The Bertz CT molecular complexity index is 622. The SMILES string of the molecule is CCCc1nc(-c2ccc(Br)c(F)c2)nc(Cl)c1I. The molecule has 0 fully saturated rings. The number of aromatic nitrogens is 2.